The predicted molar refractivity (Wildman–Crippen MR) is 126 cm³/mol. The van der Waals surface area contributed by atoms with E-state index in [1.807, 2.05) is 0 Å². The number of aliphatic hydroxyl groups excluding tert-OH is 2. The van der Waals surface area contributed by atoms with Crippen LogP contribution in [0.3, 0.4) is 0 Å². The minimum Gasteiger partial charge on any atom is -0.435 e. The molecule has 6 nitrogen and oxygen atoms in total. The van der Waals surface area contributed by atoms with Crippen LogP contribution in [0.5, 0.6) is 0 Å². The lowest BCUT2D eigenvalue weighted by Crippen LogP contribution is -2.35. The van der Waals surface area contributed by atoms with E-state index < -0.39 is 24.5 Å². The number of ether oxygens (including phenoxy) is 2. The van der Waals surface area contributed by atoms with Gasteiger partial charge in [-0.1, -0.05) is 46.0 Å². The van der Waals surface area contributed by atoms with E-state index in [-0.39, 0.29) is 24.6 Å². The Kier molecular flexibility index (Phi) is 15.6. The summed E-state index contributed by atoms with van der Waals surface area (Å²) in [5.74, 6) is 0.922. The molecule has 0 spiro atoms. The molecule has 0 heterocycles. The van der Waals surface area contributed by atoms with E-state index in [4.69, 9.17) is 32.7 Å². The van der Waals surface area contributed by atoms with Crippen LogP contribution < -0.4 is 0 Å². The third-order valence-corrected chi connectivity index (χ3v) is 7.18. The summed E-state index contributed by atoms with van der Waals surface area (Å²) in [5.41, 5.74) is 0. The summed E-state index contributed by atoms with van der Waals surface area (Å²) in [4.78, 5) is 24.1. The number of unbranched alkanes of at least 4 members (excludes halogenated alkanes) is 1. The number of rotatable bonds is 16. The molecule has 1 saturated carbocycles. The van der Waals surface area contributed by atoms with Crippen LogP contribution >= 0.6 is 23.2 Å². The molecule has 1 rings (SSSR count). The fraction of sp³-hybridized carbons (Fsp3) is 0.917. The van der Waals surface area contributed by atoms with E-state index >= 15 is 0 Å². The Morgan fingerprint density at radius 3 is 1.78 bits per heavy atom. The Morgan fingerprint density at radius 2 is 1.28 bits per heavy atom. The minimum atomic E-state index is -1.26. The van der Waals surface area contributed by atoms with Gasteiger partial charge in [-0.3, -0.25) is 9.59 Å². The monoisotopic (exact) mass is 496 g/mol. The second-order valence-corrected chi connectivity index (χ2v) is 9.60. The van der Waals surface area contributed by atoms with Crippen LogP contribution in [0.2, 0.25) is 0 Å². The van der Waals surface area contributed by atoms with Gasteiger partial charge in [0.05, 0.1) is 11.8 Å². The van der Waals surface area contributed by atoms with Gasteiger partial charge >= 0.3 is 11.9 Å². The molecule has 8 heteroatoms. The third kappa shape index (κ3) is 11.0. The first-order valence-corrected chi connectivity index (χ1v) is 13.3. The molecule has 2 N–H and O–H groups in total. The molecule has 0 saturated heterocycles. The molecule has 1 aliphatic carbocycles. The molecule has 6 atom stereocenters. The van der Waals surface area contributed by atoms with E-state index in [0.717, 1.165) is 32.1 Å². The van der Waals surface area contributed by atoms with Gasteiger partial charge in [0.15, 0.2) is 0 Å². The predicted octanol–water partition coefficient (Wildman–Crippen LogP) is 5.39. The lowest BCUT2D eigenvalue weighted by atomic mass is 9.61. The lowest BCUT2D eigenvalue weighted by Gasteiger charge is -2.44. The first-order chi connectivity index (χ1) is 15.4. The van der Waals surface area contributed by atoms with Crippen molar-refractivity contribution in [2.45, 2.75) is 103 Å². The summed E-state index contributed by atoms with van der Waals surface area (Å²) in [6.45, 7) is 4.43. The average Bonchev–Trinajstić information content (AvgIpc) is 2.77. The van der Waals surface area contributed by atoms with Gasteiger partial charge in [-0.15, -0.1) is 23.2 Å². The highest BCUT2D eigenvalue weighted by Gasteiger charge is 2.38. The number of aliphatic hydroxyl groups is 2. The maximum absolute atomic E-state index is 12.2. The number of hydrogen-bond donors (Lipinski definition) is 2. The Balaban J connectivity index is 2.78. The van der Waals surface area contributed by atoms with Crippen LogP contribution in [-0.2, 0) is 19.1 Å². The maximum atomic E-state index is 12.2. The zero-order chi connectivity index (χ0) is 23.9. The number of carbonyl (C=O) groups excluding carboxylic acids is 2. The van der Waals surface area contributed by atoms with Gasteiger partial charge in [-0.25, -0.2) is 0 Å². The highest BCUT2D eigenvalue weighted by molar-refractivity contribution is 6.18. The van der Waals surface area contributed by atoms with Gasteiger partial charge in [-0.05, 0) is 55.8 Å². The van der Waals surface area contributed by atoms with Crippen LogP contribution in [-0.4, -0.2) is 46.5 Å². The topological polar surface area (TPSA) is 93.1 Å². The summed E-state index contributed by atoms with van der Waals surface area (Å²) < 4.78 is 9.81. The highest BCUT2D eigenvalue weighted by atomic mass is 35.5. The van der Waals surface area contributed by atoms with Crippen LogP contribution in [0.15, 0.2) is 0 Å². The van der Waals surface area contributed by atoms with E-state index in [9.17, 15) is 19.8 Å². The highest BCUT2D eigenvalue weighted by Crippen LogP contribution is 2.47. The van der Waals surface area contributed by atoms with Gasteiger partial charge in [0.1, 0.15) is 0 Å². The fourth-order valence-electron chi connectivity index (χ4n) is 5.25. The molecule has 188 valence electrons. The second-order valence-electron chi connectivity index (χ2n) is 8.98. The van der Waals surface area contributed by atoms with Crippen molar-refractivity contribution in [2.75, 3.05) is 11.8 Å². The summed E-state index contributed by atoms with van der Waals surface area (Å²) >= 11 is 11.0. The van der Waals surface area contributed by atoms with Gasteiger partial charge < -0.3 is 19.7 Å². The molecule has 32 heavy (non-hydrogen) atoms. The van der Waals surface area contributed by atoms with Gasteiger partial charge in [-0.2, -0.15) is 0 Å². The molecule has 0 aromatic heterocycles. The van der Waals surface area contributed by atoms with Crippen LogP contribution in [0, 0.1) is 23.7 Å². The van der Waals surface area contributed by atoms with Gasteiger partial charge in [0.2, 0.25) is 12.6 Å². The Labute approximate surface area is 203 Å². The average molecular weight is 498 g/mol. The van der Waals surface area contributed by atoms with Crippen molar-refractivity contribution in [1.82, 2.24) is 0 Å². The van der Waals surface area contributed by atoms with E-state index in [2.05, 4.69) is 13.8 Å². The fourth-order valence-corrected chi connectivity index (χ4v) is 5.37. The number of halogens is 2. The second kappa shape index (κ2) is 17.0. The smallest absolute Gasteiger partial charge is 0.308 e. The minimum absolute atomic E-state index is 0.135. The maximum Gasteiger partial charge on any atom is 0.308 e. The summed E-state index contributed by atoms with van der Waals surface area (Å²) in [6.07, 6.45) is 8.45. The Bertz CT molecular complexity index is 533. The molecule has 0 radical (unpaired) electrons. The summed E-state index contributed by atoms with van der Waals surface area (Å²) in [7, 11) is 0. The SMILES string of the molecule is CCCCC1CCC(CCCC(=O)OC(O)CCl)C(CCC(=O)OC(O)CCl)C1CCC. The quantitative estimate of drug-likeness (QED) is 0.169. The molecule has 1 fully saturated rings. The van der Waals surface area contributed by atoms with Crippen LogP contribution in [0.4, 0.5) is 0 Å². The lowest BCUT2D eigenvalue weighted by molar-refractivity contribution is -0.165. The molecule has 0 aromatic rings. The molecule has 0 bridgehead atoms. The van der Waals surface area contributed by atoms with Crippen molar-refractivity contribution in [3.8, 4) is 0 Å². The zero-order valence-electron chi connectivity index (χ0n) is 19.6. The molecular weight excluding hydrogens is 455 g/mol. The van der Waals surface area contributed by atoms with Crippen molar-refractivity contribution >= 4 is 35.1 Å². The van der Waals surface area contributed by atoms with Crippen molar-refractivity contribution < 1.29 is 29.3 Å². The Morgan fingerprint density at radius 1 is 0.781 bits per heavy atom. The normalized spacial score (nSPS) is 25.2. The van der Waals surface area contributed by atoms with E-state index in [1.54, 1.807) is 0 Å². The summed E-state index contributed by atoms with van der Waals surface area (Å²) in [6, 6.07) is 0. The number of esters is 2. The standard InChI is InChI=1S/C24H42Cl2O6/c1-3-5-8-17-11-12-18(9-6-10-21(27)31-23(29)15-25)20(19(17)7-4-2)13-14-22(28)32-24(30)16-26/h17-20,23-24,29-30H,3-16H2,1-2H3. The van der Waals surface area contributed by atoms with Crippen molar-refractivity contribution in [3.05, 3.63) is 0 Å². The largest absolute Gasteiger partial charge is 0.435 e. The molecule has 6 unspecified atom stereocenters. The number of carbonyl (C=O) groups is 2. The van der Waals surface area contributed by atoms with Gasteiger partial charge in [0, 0.05) is 12.8 Å². The number of alkyl halides is 2. The first kappa shape index (κ1) is 29.5. The van der Waals surface area contributed by atoms with E-state index in [0.29, 0.717) is 30.1 Å². The van der Waals surface area contributed by atoms with Gasteiger partial charge in [0.25, 0.3) is 0 Å². The van der Waals surface area contributed by atoms with Crippen molar-refractivity contribution in [3.63, 3.8) is 0 Å². The molecule has 0 aromatic carbocycles. The van der Waals surface area contributed by atoms with Crippen LogP contribution in [0.25, 0.3) is 0 Å². The first-order valence-electron chi connectivity index (χ1n) is 12.2. The molecule has 0 amide bonds. The molecular formula is C24H42Cl2O6. The third-order valence-electron chi connectivity index (χ3n) is 6.66. The van der Waals surface area contributed by atoms with Crippen molar-refractivity contribution in [1.29, 1.82) is 0 Å². The molecule has 0 aliphatic heterocycles. The molecule has 1 aliphatic rings. The number of hydrogen-bond acceptors (Lipinski definition) is 6. The van der Waals surface area contributed by atoms with Crippen LogP contribution in [0.1, 0.15) is 90.9 Å². The Hall–Kier alpha value is -0.560. The zero-order valence-corrected chi connectivity index (χ0v) is 21.2. The van der Waals surface area contributed by atoms with Crippen molar-refractivity contribution in [2.24, 2.45) is 23.7 Å². The van der Waals surface area contributed by atoms with E-state index in [1.165, 1.54) is 25.7 Å². The summed E-state index contributed by atoms with van der Waals surface area (Å²) in [5, 5.41) is 18.9.